The zero-order chi connectivity index (χ0) is 14.7. The highest BCUT2D eigenvalue weighted by molar-refractivity contribution is 7.07. The van der Waals surface area contributed by atoms with Gasteiger partial charge in [-0.3, -0.25) is 4.79 Å². The number of carbonyl (C=O) groups is 1. The number of ether oxygens (including phenoxy) is 1. The van der Waals surface area contributed by atoms with E-state index < -0.39 is 6.10 Å². The van der Waals surface area contributed by atoms with Gasteiger partial charge in [0.25, 0.3) is 5.91 Å². The van der Waals surface area contributed by atoms with Crippen LogP contribution in [0.3, 0.4) is 0 Å². The zero-order valence-electron chi connectivity index (χ0n) is 11.4. The van der Waals surface area contributed by atoms with Crippen LogP contribution >= 0.6 is 11.3 Å². The lowest BCUT2D eigenvalue weighted by Crippen LogP contribution is -2.33. The minimum absolute atomic E-state index is 0.0200. The van der Waals surface area contributed by atoms with E-state index in [1.54, 1.807) is 10.4 Å². The normalized spacial score (nSPS) is 18.0. The minimum Gasteiger partial charge on any atom is -0.483 e. The molecule has 1 fully saturated rings. The van der Waals surface area contributed by atoms with Gasteiger partial charge in [0.05, 0.1) is 17.3 Å². The van der Waals surface area contributed by atoms with Crippen LogP contribution in [0.25, 0.3) is 11.3 Å². The number of β-amino-alcohol motifs (C(OH)–C–C–N with tert-alkyl or cyclic N) is 1. The topological polar surface area (TPSA) is 62.7 Å². The maximum absolute atomic E-state index is 12.0. The van der Waals surface area contributed by atoms with Gasteiger partial charge in [-0.05, 0) is 18.6 Å². The average molecular weight is 304 g/mol. The van der Waals surface area contributed by atoms with Crippen LogP contribution < -0.4 is 4.74 Å². The monoisotopic (exact) mass is 304 g/mol. The molecule has 2 aromatic rings. The lowest BCUT2D eigenvalue weighted by Gasteiger charge is -2.16. The maximum Gasteiger partial charge on any atom is 0.260 e. The zero-order valence-corrected chi connectivity index (χ0v) is 12.3. The third kappa shape index (κ3) is 3.22. The van der Waals surface area contributed by atoms with Crippen molar-refractivity contribution in [3.63, 3.8) is 0 Å². The number of para-hydroxylation sites is 1. The van der Waals surface area contributed by atoms with Gasteiger partial charge in [0.1, 0.15) is 5.75 Å². The van der Waals surface area contributed by atoms with E-state index >= 15 is 0 Å². The van der Waals surface area contributed by atoms with Crippen molar-refractivity contribution < 1.29 is 14.6 Å². The third-order valence-corrected chi connectivity index (χ3v) is 4.05. The molecule has 0 bridgehead atoms. The van der Waals surface area contributed by atoms with Crippen molar-refractivity contribution in [2.75, 3.05) is 19.7 Å². The Bertz CT molecular complexity index is 615. The van der Waals surface area contributed by atoms with Crippen LogP contribution in [0, 0.1) is 0 Å². The smallest absolute Gasteiger partial charge is 0.260 e. The third-order valence-electron chi connectivity index (χ3n) is 3.46. The number of aromatic nitrogens is 1. The summed E-state index contributed by atoms with van der Waals surface area (Å²) in [6, 6.07) is 7.55. The summed E-state index contributed by atoms with van der Waals surface area (Å²) < 4.78 is 5.66. The molecule has 3 rings (SSSR count). The van der Waals surface area contributed by atoms with E-state index in [9.17, 15) is 9.90 Å². The van der Waals surface area contributed by atoms with Crippen LogP contribution in [0.2, 0.25) is 0 Å². The molecular formula is C15H16N2O3S. The van der Waals surface area contributed by atoms with Crippen LogP contribution in [0.1, 0.15) is 6.42 Å². The molecule has 1 aliphatic rings. The number of benzene rings is 1. The highest BCUT2D eigenvalue weighted by atomic mass is 32.1. The van der Waals surface area contributed by atoms with Crippen molar-refractivity contribution in [1.82, 2.24) is 9.88 Å². The summed E-state index contributed by atoms with van der Waals surface area (Å²) in [5.41, 5.74) is 3.50. The summed E-state index contributed by atoms with van der Waals surface area (Å²) >= 11 is 1.52. The Morgan fingerprint density at radius 2 is 2.33 bits per heavy atom. The van der Waals surface area contributed by atoms with Crippen LogP contribution in [0.15, 0.2) is 35.2 Å². The van der Waals surface area contributed by atoms with Crippen LogP contribution in [-0.2, 0) is 4.79 Å². The second-order valence-corrected chi connectivity index (χ2v) is 5.66. The summed E-state index contributed by atoms with van der Waals surface area (Å²) in [5.74, 6) is 0.552. The first kappa shape index (κ1) is 14.0. The second kappa shape index (κ2) is 6.24. The summed E-state index contributed by atoms with van der Waals surface area (Å²) in [7, 11) is 0. The molecule has 5 nitrogen and oxygen atoms in total. The van der Waals surface area contributed by atoms with E-state index in [0.29, 0.717) is 25.3 Å². The van der Waals surface area contributed by atoms with E-state index in [2.05, 4.69) is 4.98 Å². The number of likely N-dealkylation sites (tertiary alicyclic amines) is 1. The molecule has 1 N–H and O–H groups in total. The lowest BCUT2D eigenvalue weighted by molar-refractivity contribution is -0.132. The van der Waals surface area contributed by atoms with Crippen molar-refractivity contribution in [1.29, 1.82) is 0 Å². The van der Waals surface area contributed by atoms with Crippen molar-refractivity contribution in [2.24, 2.45) is 0 Å². The lowest BCUT2D eigenvalue weighted by atomic mass is 10.1. The highest BCUT2D eigenvalue weighted by Crippen LogP contribution is 2.29. The average Bonchev–Trinajstić information content (AvgIpc) is 3.16. The fourth-order valence-electron chi connectivity index (χ4n) is 2.35. The second-order valence-electron chi connectivity index (χ2n) is 4.94. The summed E-state index contributed by atoms with van der Waals surface area (Å²) in [6.07, 6.45) is 0.234. The van der Waals surface area contributed by atoms with Crippen LogP contribution in [-0.4, -0.2) is 46.7 Å². The van der Waals surface area contributed by atoms with Crippen LogP contribution in [0.5, 0.6) is 5.75 Å². The number of amides is 1. The Balaban J connectivity index is 1.67. The molecule has 6 heteroatoms. The van der Waals surface area contributed by atoms with Gasteiger partial charge in [0.2, 0.25) is 0 Å². The fraction of sp³-hybridized carbons (Fsp3) is 0.333. The number of hydrogen-bond acceptors (Lipinski definition) is 5. The summed E-state index contributed by atoms with van der Waals surface area (Å²) in [5, 5.41) is 11.4. The highest BCUT2D eigenvalue weighted by Gasteiger charge is 2.24. The van der Waals surface area contributed by atoms with E-state index in [1.165, 1.54) is 11.3 Å². The summed E-state index contributed by atoms with van der Waals surface area (Å²) in [6.45, 7) is 0.973. The van der Waals surface area contributed by atoms with E-state index in [-0.39, 0.29) is 12.5 Å². The Kier molecular flexibility index (Phi) is 4.17. The number of aliphatic hydroxyl groups excluding tert-OH is 1. The molecule has 2 heterocycles. The fourth-order valence-corrected chi connectivity index (χ4v) is 2.90. The molecule has 1 aliphatic heterocycles. The predicted octanol–water partition coefficient (Wildman–Crippen LogP) is 1.78. The molecule has 0 aliphatic carbocycles. The van der Waals surface area contributed by atoms with E-state index in [0.717, 1.165) is 11.3 Å². The maximum atomic E-state index is 12.0. The van der Waals surface area contributed by atoms with Gasteiger partial charge in [-0.15, -0.1) is 11.3 Å². The van der Waals surface area contributed by atoms with Crippen molar-refractivity contribution >= 4 is 17.2 Å². The van der Waals surface area contributed by atoms with Crippen molar-refractivity contribution in [2.45, 2.75) is 12.5 Å². The molecule has 1 aromatic heterocycles. The molecule has 1 amide bonds. The van der Waals surface area contributed by atoms with E-state index in [4.69, 9.17) is 4.74 Å². The molecule has 1 atom stereocenters. The number of thiazole rings is 1. The number of nitrogens with zero attached hydrogens (tertiary/aromatic N) is 2. The number of hydrogen-bond donors (Lipinski definition) is 1. The largest absolute Gasteiger partial charge is 0.483 e. The first-order valence-electron chi connectivity index (χ1n) is 6.80. The molecule has 0 saturated carbocycles. The van der Waals surface area contributed by atoms with Gasteiger partial charge in [-0.25, -0.2) is 4.98 Å². The van der Waals surface area contributed by atoms with Gasteiger partial charge in [-0.2, -0.15) is 0 Å². The Morgan fingerprint density at radius 3 is 3.05 bits per heavy atom. The van der Waals surface area contributed by atoms with Gasteiger partial charge in [0.15, 0.2) is 6.61 Å². The van der Waals surface area contributed by atoms with Crippen LogP contribution in [0.4, 0.5) is 0 Å². The standard InChI is InChI=1S/C15H16N2O3S/c18-11-5-6-17(7-11)15(19)8-20-14-4-2-1-3-12(14)13-9-21-10-16-13/h1-4,9-11,18H,5-8H2. The Morgan fingerprint density at radius 1 is 1.48 bits per heavy atom. The molecule has 21 heavy (non-hydrogen) atoms. The first-order chi connectivity index (χ1) is 10.2. The number of rotatable bonds is 4. The predicted molar refractivity (Wildman–Crippen MR) is 80.2 cm³/mol. The molecule has 0 spiro atoms. The summed E-state index contributed by atoms with van der Waals surface area (Å²) in [4.78, 5) is 17.9. The number of carbonyl (C=O) groups excluding carboxylic acids is 1. The Labute approximate surface area is 126 Å². The van der Waals surface area contributed by atoms with Crippen molar-refractivity contribution in [3.05, 3.63) is 35.2 Å². The first-order valence-corrected chi connectivity index (χ1v) is 7.74. The van der Waals surface area contributed by atoms with Gasteiger partial charge in [-0.1, -0.05) is 12.1 Å². The molecule has 1 saturated heterocycles. The molecule has 110 valence electrons. The minimum atomic E-state index is -0.406. The Hall–Kier alpha value is -1.92. The molecular weight excluding hydrogens is 288 g/mol. The number of aliphatic hydroxyl groups is 1. The van der Waals surface area contributed by atoms with Gasteiger partial charge < -0.3 is 14.7 Å². The van der Waals surface area contributed by atoms with Gasteiger partial charge in [0, 0.05) is 24.0 Å². The van der Waals surface area contributed by atoms with Gasteiger partial charge >= 0.3 is 0 Å². The van der Waals surface area contributed by atoms with E-state index in [1.807, 2.05) is 29.6 Å². The molecule has 0 radical (unpaired) electrons. The quantitative estimate of drug-likeness (QED) is 0.935. The van der Waals surface area contributed by atoms with Crippen molar-refractivity contribution in [3.8, 4) is 17.0 Å². The molecule has 1 unspecified atom stereocenters. The molecule has 1 aromatic carbocycles. The SMILES string of the molecule is O=C(COc1ccccc1-c1cscn1)N1CCC(O)C1.